The zero-order valence-corrected chi connectivity index (χ0v) is 23.6. The highest BCUT2D eigenvalue weighted by Crippen LogP contribution is 2.27. The second kappa shape index (κ2) is 12.3. The molecule has 1 atom stereocenters. The number of hydrogen-bond acceptors (Lipinski definition) is 6. The second-order valence-electron chi connectivity index (χ2n) is 10.3. The molecule has 2 aromatic heterocycles. The summed E-state index contributed by atoms with van der Waals surface area (Å²) in [6.45, 7) is 8.04. The Labute approximate surface area is 234 Å². The van der Waals surface area contributed by atoms with Gasteiger partial charge in [-0.2, -0.15) is 0 Å². The third kappa shape index (κ3) is 6.13. The van der Waals surface area contributed by atoms with Gasteiger partial charge < -0.3 is 9.72 Å². The molecule has 1 N–H and O–H groups in total. The molecule has 2 heterocycles. The fraction of sp³-hybridized carbons (Fsp3) is 0.312. The zero-order valence-electron chi connectivity index (χ0n) is 23.6. The van der Waals surface area contributed by atoms with Gasteiger partial charge in [0, 0.05) is 30.7 Å². The van der Waals surface area contributed by atoms with Gasteiger partial charge in [0.2, 0.25) is 0 Å². The smallest absolute Gasteiger partial charge is 0.252 e. The zero-order chi connectivity index (χ0) is 28.1. The number of nitrogens with one attached hydrogen (secondary N) is 1. The first-order valence-electron chi connectivity index (χ1n) is 13.7. The first kappa shape index (κ1) is 27.3. The Balaban J connectivity index is 1.49. The SMILES string of the molecule is CC[C@@H](c1nnnn1CCc1ccccc1)N(Cc1ccc(OC)cc1)Cc1cc2cc(C)c(C)cc2[nH]c1=O. The van der Waals surface area contributed by atoms with Crippen molar-refractivity contribution in [2.45, 2.75) is 59.3 Å². The number of nitrogens with zero attached hydrogens (tertiary/aromatic N) is 5. The van der Waals surface area contributed by atoms with Crippen LogP contribution in [-0.4, -0.2) is 37.2 Å². The lowest BCUT2D eigenvalue weighted by Gasteiger charge is -2.30. The molecule has 0 bridgehead atoms. The maximum absolute atomic E-state index is 13.3. The largest absolute Gasteiger partial charge is 0.497 e. The lowest BCUT2D eigenvalue weighted by atomic mass is 10.0. The summed E-state index contributed by atoms with van der Waals surface area (Å²) in [7, 11) is 1.67. The summed E-state index contributed by atoms with van der Waals surface area (Å²) in [4.78, 5) is 18.7. The number of hydrogen-bond donors (Lipinski definition) is 1. The van der Waals surface area contributed by atoms with Crippen molar-refractivity contribution in [1.29, 1.82) is 0 Å². The monoisotopic (exact) mass is 536 g/mol. The summed E-state index contributed by atoms with van der Waals surface area (Å²) < 4.78 is 7.26. The molecule has 0 aliphatic heterocycles. The van der Waals surface area contributed by atoms with Crippen molar-refractivity contribution in [2.24, 2.45) is 0 Å². The minimum absolute atomic E-state index is 0.0750. The summed E-state index contributed by atoms with van der Waals surface area (Å²) in [6, 6.07) is 24.5. The van der Waals surface area contributed by atoms with Gasteiger partial charge in [-0.3, -0.25) is 9.69 Å². The molecule has 0 saturated carbocycles. The van der Waals surface area contributed by atoms with Gasteiger partial charge in [0.15, 0.2) is 5.82 Å². The molecule has 40 heavy (non-hydrogen) atoms. The second-order valence-corrected chi connectivity index (χ2v) is 10.3. The van der Waals surface area contributed by atoms with Crippen molar-refractivity contribution in [2.75, 3.05) is 7.11 Å². The van der Waals surface area contributed by atoms with Crippen LogP contribution in [0.15, 0.2) is 77.6 Å². The highest BCUT2D eigenvalue weighted by atomic mass is 16.5. The van der Waals surface area contributed by atoms with Crippen molar-refractivity contribution < 1.29 is 4.74 Å². The van der Waals surface area contributed by atoms with E-state index < -0.39 is 0 Å². The number of ether oxygens (including phenoxy) is 1. The van der Waals surface area contributed by atoms with Crippen molar-refractivity contribution in [3.8, 4) is 5.75 Å². The predicted molar refractivity (Wildman–Crippen MR) is 157 cm³/mol. The number of tetrazole rings is 1. The van der Waals surface area contributed by atoms with Crippen molar-refractivity contribution >= 4 is 10.9 Å². The number of rotatable bonds is 11. The van der Waals surface area contributed by atoms with Crippen LogP contribution in [0.5, 0.6) is 5.75 Å². The number of aryl methyl sites for hydroxylation is 4. The van der Waals surface area contributed by atoms with Crippen LogP contribution in [0.4, 0.5) is 0 Å². The van der Waals surface area contributed by atoms with E-state index in [0.717, 1.165) is 46.4 Å². The fourth-order valence-electron chi connectivity index (χ4n) is 5.19. The number of fused-ring (bicyclic) bond motifs is 1. The molecule has 8 heteroatoms. The number of H-pyrrole nitrogens is 1. The number of pyridine rings is 1. The van der Waals surface area contributed by atoms with E-state index in [1.807, 2.05) is 47.1 Å². The molecule has 5 aromatic rings. The van der Waals surface area contributed by atoms with Gasteiger partial charge in [0.25, 0.3) is 5.56 Å². The van der Waals surface area contributed by atoms with Crippen molar-refractivity contribution in [3.05, 3.63) is 117 Å². The van der Waals surface area contributed by atoms with Crippen LogP contribution in [0, 0.1) is 13.8 Å². The summed E-state index contributed by atoms with van der Waals surface area (Å²) >= 11 is 0. The summed E-state index contributed by atoms with van der Waals surface area (Å²) in [5, 5.41) is 13.9. The van der Waals surface area contributed by atoms with Crippen LogP contribution in [0.1, 0.15) is 53.0 Å². The number of methoxy groups -OCH3 is 1. The van der Waals surface area contributed by atoms with Crippen molar-refractivity contribution in [3.63, 3.8) is 0 Å². The maximum Gasteiger partial charge on any atom is 0.252 e. The predicted octanol–water partition coefficient (Wildman–Crippen LogP) is 5.54. The van der Waals surface area contributed by atoms with Gasteiger partial charge in [-0.05, 0) is 95.1 Å². The maximum atomic E-state index is 13.3. The van der Waals surface area contributed by atoms with Crippen LogP contribution in [-0.2, 0) is 26.1 Å². The molecule has 0 saturated heterocycles. The third-order valence-corrected chi connectivity index (χ3v) is 7.59. The Morgan fingerprint density at radius 2 is 1.70 bits per heavy atom. The standard InChI is InChI=1S/C32H36N6O2/c1-5-30(31-34-35-36-38(31)16-15-24-9-7-6-8-10-24)37(20-25-11-13-28(40-4)14-12-25)21-27-19-26-17-22(2)23(3)18-29(26)33-32(27)39/h6-14,17-19,30H,5,15-16,20-21H2,1-4H3,(H,33,39)/t30-/m0/s1. The number of aromatic amines is 1. The Morgan fingerprint density at radius 1 is 0.950 bits per heavy atom. The van der Waals surface area contributed by atoms with Crippen LogP contribution >= 0.6 is 0 Å². The molecule has 0 unspecified atom stereocenters. The van der Waals surface area contributed by atoms with E-state index in [0.29, 0.717) is 25.2 Å². The summed E-state index contributed by atoms with van der Waals surface area (Å²) in [6.07, 6.45) is 1.61. The lowest BCUT2D eigenvalue weighted by molar-refractivity contribution is 0.160. The topological polar surface area (TPSA) is 88.9 Å². The van der Waals surface area contributed by atoms with Crippen LogP contribution < -0.4 is 10.3 Å². The summed E-state index contributed by atoms with van der Waals surface area (Å²) in [5.41, 5.74) is 6.21. The van der Waals surface area contributed by atoms with E-state index in [9.17, 15) is 4.79 Å². The van der Waals surface area contributed by atoms with Gasteiger partial charge in [-0.1, -0.05) is 49.4 Å². The quantitative estimate of drug-likeness (QED) is 0.239. The lowest BCUT2D eigenvalue weighted by Crippen LogP contribution is -2.32. The summed E-state index contributed by atoms with van der Waals surface area (Å²) in [5.74, 6) is 1.61. The van der Waals surface area contributed by atoms with E-state index in [4.69, 9.17) is 4.74 Å². The Morgan fingerprint density at radius 3 is 2.42 bits per heavy atom. The molecule has 0 aliphatic carbocycles. The van der Waals surface area contributed by atoms with E-state index >= 15 is 0 Å². The Kier molecular flexibility index (Phi) is 8.36. The molecule has 0 fully saturated rings. The van der Waals surface area contributed by atoms with Crippen LogP contribution in [0.3, 0.4) is 0 Å². The molecule has 8 nitrogen and oxygen atoms in total. The molecule has 3 aromatic carbocycles. The highest BCUT2D eigenvalue weighted by molar-refractivity contribution is 5.80. The Hall–Kier alpha value is -4.30. The van der Waals surface area contributed by atoms with Crippen molar-refractivity contribution in [1.82, 2.24) is 30.1 Å². The molecule has 0 amide bonds. The van der Waals surface area contributed by atoms with E-state index in [-0.39, 0.29) is 11.6 Å². The molecule has 0 radical (unpaired) electrons. The average Bonchev–Trinajstić information content (AvgIpc) is 3.43. The third-order valence-electron chi connectivity index (χ3n) is 7.59. The molecule has 5 rings (SSSR count). The van der Waals surface area contributed by atoms with Gasteiger partial charge in [0.1, 0.15) is 5.75 Å². The normalized spacial score (nSPS) is 12.2. The molecule has 206 valence electrons. The Bertz CT molecular complexity index is 1630. The van der Waals surface area contributed by atoms with E-state index in [1.54, 1.807) is 7.11 Å². The van der Waals surface area contributed by atoms with Gasteiger partial charge >= 0.3 is 0 Å². The molecular formula is C32H36N6O2. The minimum Gasteiger partial charge on any atom is -0.497 e. The van der Waals surface area contributed by atoms with Crippen LogP contribution in [0.25, 0.3) is 10.9 Å². The van der Waals surface area contributed by atoms with Gasteiger partial charge in [-0.15, -0.1) is 5.10 Å². The first-order chi connectivity index (χ1) is 19.4. The first-order valence-corrected chi connectivity index (χ1v) is 13.7. The van der Waals surface area contributed by atoms with E-state index in [2.05, 4.69) is 76.5 Å². The fourth-order valence-corrected chi connectivity index (χ4v) is 5.19. The number of benzene rings is 3. The van der Waals surface area contributed by atoms with Gasteiger partial charge in [0.05, 0.1) is 13.2 Å². The average molecular weight is 537 g/mol. The molecule has 0 spiro atoms. The van der Waals surface area contributed by atoms with Crippen LogP contribution in [0.2, 0.25) is 0 Å². The highest BCUT2D eigenvalue weighted by Gasteiger charge is 2.26. The minimum atomic E-state index is -0.0947. The number of aromatic nitrogens is 5. The van der Waals surface area contributed by atoms with E-state index in [1.165, 1.54) is 11.1 Å². The molecule has 0 aliphatic rings. The van der Waals surface area contributed by atoms with Gasteiger partial charge in [-0.25, -0.2) is 4.68 Å². The molecular weight excluding hydrogens is 500 g/mol.